The number of thioether (sulfide) groups is 1. The lowest BCUT2D eigenvalue weighted by molar-refractivity contribution is -0.145. The van der Waals surface area contributed by atoms with Crippen LogP contribution in [0.15, 0.2) is 29.2 Å². The molecule has 0 fully saturated rings. The van der Waals surface area contributed by atoms with Crippen LogP contribution in [0.3, 0.4) is 0 Å². The second-order valence-electron chi connectivity index (χ2n) is 5.56. The van der Waals surface area contributed by atoms with Crippen molar-refractivity contribution in [1.29, 1.82) is 0 Å². The van der Waals surface area contributed by atoms with Crippen LogP contribution in [0, 0.1) is 0 Å². The van der Waals surface area contributed by atoms with Gasteiger partial charge in [-0.15, -0.1) is 11.8 Å². The molecule has 0 spiro atoms. The Morgan fingerprint density at radius 3 is 2.42 bits per heavy atom. The third-order valence-electron chi connectivity index (χ3n) is 3.56. The number of carboxylic acid groups (broad SMARTS) is 2. The zero-order chi connectivity index (χ0) is 17.8. The fourth-order valence-corrected chi connectivity index (χ4v) is 3.22. The van der Waals surface area contributed by atoms with Crippen molar-refractivity contribution in [3.8, 4) is 5.75 Å². The van der Waals surface area contributed by atoms with Gasteiger partial charge >= 0.3 is 11.9 Å². The molecule has 1 rings (SSSR count). The van der Waals surface area contributed by atoms with E-state index in [0.29, 0.717) is 12.2 Å². The first-order chi connectivity index (χ1) is 11.5. The van der Waals surface area contributed by atoms with E-state index in [1.807, 2.05) is 18.2 Å². The lowest BCUT2D eigenvalue weighted by Crippen LogP contribution is -2.26. The average molecular weight is 354 g/mol. The van der Waals surface area contributed by atoms with Gasteiger partial charge in [0.25, 0.3) is 0 Å². The topological polar surface area (TPSA) is 83.8 Å². The van der Waals surface area contributed by atoms with Crippen LogP contribution in [0.4, 0.5) is 0 Å². The Bertz CT molecular complexity index is 518. The van der Waals surface area contributed by atoms with Gasteiger partial charge in [0.15, 0.2) is 6.10 Å². The number of hydrogen-bond acceptors (Lipinski definition) is 4. The molecule has 0 saturated carbocycles. The monoisotopic (exact) mass is 354 g/mol. The van der Waals surface area contributed by atoms with E-state index in [1.54, 1.807) is 24.8 Å². The zero-order valence-corrected chi connectivity index (χ0v) is 14.9. The highest BCUT2D eigenvalue weighted by molar-refractivity contribution is 7.99. The van der Waals surface area contributed by atoms with Crippen LogP contribution in [0.25, 0.3) is 0 Å². The number of benzene rings is 1. The highest BCUT2D eigenvalue weighted by atomic mass is 32.2. The number of aliphatic carboxylic acids is 2. The minimum Gasteiger partial charge on any atom is -0.481 e. The van der Waals surface area contributed by atoms with E-state index in [9.17, 15) is 9.59 Å². The highest BCUT2D eigenvalue weighted by Gasteiger charge is 2.18. The van der Waals surface area contributed by atoms with Crippen LogP contribution in [-0.2, 0) is 9.59 Å². The van der Waals surface area contributed by atoms with Gasteiger partial charge in [0.2, 0.25) is 0 Å². The maximum absolute atomic E-state index is 11.1. The quantitative estimate of drug-likeness (QED) is 0.402. The molecule has 0 aliphatic rings. The highest BCUT2D eigenvalue weighted by Crippen LogP contribution is 2.31. The molecule has 1 atom stereocenters. The molecule has 0 amide bonds. The summed E-state index contributed by atoms with van der Waals surface area (Å²) in [5.74, 6) is -0.117. The standard InChI is InChI=1S/C18H26O5S/c1-2-14(18(21)22)23-15-10-7-8-11-16(15)24-13-9-5-3-4-6-12-17(19)20/h7-8,10-11,14H,2-6,9,12-13H2,1H3,(H,19,20)(H,21,22). The summed E-state index contributed by atoms with van der Waals surface area (Å²) in [7, 11) is 0. The summed E-state index contributed by atoms with van der Waals surface area (Å²) < 4.78 is 5.61. The number of unbranched alkanes of at least 4 members (excludes halogenated alkanes) is 4. The van der Waals surface area contributed by atoms with Crippen LogP contribution in [0.1, 0.15) is 51.9 Å². The van der Waals surface area contributed by atoms with E-state index in [-0.39, 0.29) is 6.42 Å². The Labute approximate surface area is 147 Å². The van der Waals surface area contributed by atoms with Crippen molar-refractivity contribution in [2.75, 3.05) is 5.75 Å². The average Bonchev–Trinajstić information content (AvgIpc) is 2.55. The van der Waals surface area contributed by atoms with Gasteiger partial charge in [-0.1, -0.05) is 38.3 Å². The van der Waals surface area contributed by atoms with Gasteiger partial charge in [0.05, 0.1) is 0 Å². The van der Waals surface area contributed by atoms with Gasteiger partial charge in [-0.2, -0.15) is 0 Å². The summed E-state index contributed by atoms with van der Waals surface area (Å²) in [4.78, 5) is 22.5. The maximum atomic E-state index is 11.1. The Morgan fingerprint density at radius 1 is 1.08 bits per heavy atom. The molecule has 6 heteroatoms. The van der Waals surface area contributed by atoms with Gasteiger partial charge in [0.1, 0.15) is 5.75 Å². The van der Waals surface area contributed by atoms with E-state index in [4.69, 9.17) is 14.9 Å². The van der Waals surface area contributed by atoms with E-state index < -0.39 is 18.0 Å². The minimum absolute atomic E-state index is 0.252. The fourth-order valence-electron chi connectivity index (χ4n) is 2.22. The summed E-state index contributed by atoms with van der Waals surface area (Å²) >= 11 is 1.67. The van der Waals surface area contributed by atoms with Crippen LogP contribution >= 0.6 is 11.8 Å². The molecule has 1 aromatic carbocycles. The van der Waals surface area contributed by atoms with Crippen molar-refractivity contribution in [3.63, 3.8) is 0 Å². The molecule has 0 aliphatic heterocycles. The predicted molar refractivity (Wildman–Crippen MR) is 94.8 cm³/mol. The molecular weight excluding hydrogens is 328 g/mol. The Kier molecular flexibility index (Phi) is 10.00. The molecule has 0 radical (unpaired) electrons. The zero-order valence-electron chi connectivity index (χ0n) is 14.1. The van der Waals surface area contributed by atoms with Gasteiger partial charge in [-0.05, 0) is 37.1 Å². The van der Waals surface area contributed by atoms with E-state index >= 15 is 0 Å². The lowest BCUT2D eigenvalue weighted by atomic mass is 10.1. The van der Waals surface area contributed by atoms with Crippen molar-refractivity contribution in [2.24, 2.45) is 0 Å². The molecule has 0 saturated heterocycles. The smallest absolute Gasteiger partial charge is 0.344 e. The molecule has 0 aromatic heterocycles. The molecule has 134 valence electrons. The van der Waals surface area contributed by atoms with Crippen molar-refractivity contribution >= 4 is 23.7 Å². The number of ether oxygens (including phenoxy) is 1. The normalized spacial score (nSPS) is 11.9. The number of rotatable bonds is 13. The SMILES string of the molecule is CCC(Oc1ccccc1SCCCCCCCC(=O)O)C(=O)O. The molecule has 1 unspecified atom stereocenters. The van der Waals surface area contributed by atoms with Gasteiger partial charge in [-0.25, -0.2) is 4.79 Å². The molecule has 0 heterocycles. The first-order valence-corrected chi connectivity index (χ1v) is 9.36. The molecule has 0 aliphatic carbocycles. The molecule has 0 bridgehead atoms. The molecule has 5 nitrogen and oxygen atoms in total. The number of hydrogen-bond donors (Lipinski definition) is 2. The minimum atomic E-state index is -0.946. The van der Waals surface area contributed by atoms with Crippen LogP contribution in [-0.4, -0.2) is 34.0 Å². The number of carbonyl (C=O) groups is 2. The third-order valence-corrected chi connectivity index (χ3v) is 4.70. The van der Waals surface area contributed by atoms with Crippen molar-refractivity contribution in [3.05, 3.63) is 24.3 Å². The molecular formula is C18H26O5S. The van der Waals surface area contributed by atoms with Gasteiger partial charge in [0, 0.05) is 11.3 Å². The summed E-state index contributed by atoms with van der Waals surface area (Å²) in [5.41, 5.74) is 0. The molecule has 1 aromatic rings. The van der Waals surface area contributed by atoms with Crippen molar-refractivity contribution in [1.82, 2.24) is 0 Å². The first kappa shape index (κ1) is 20.4. The summed E-state index contributed by atoms with van der Waals surface area (Å²) in [6.45, 7) is 1.79. The largest absolute Gasteiger partial charge is 0.481 e. The van der Waals surface area contributed by atoms with E-state index in [2.05, 4.69) is 0 Å². The van der Waals surface area contributed by atoms with Crippen LogP contribution in [0.5, 0.6) is 5.75 Å². The van der Waals surface area contributed by atoms with E-state index in [1.165, 1.54) is 0 Å². The van der Waals surface area contributed by atoms with Crippen LogP contribution < -0.4 is 4.74 Å². The van der Waals surface area contributed by atoms with E-state index in [0.717, 1.165) is 42.8 Å². The maximum Gasteiger partial charge on any atom is 0.344 e. The lowest BCUT2D eigenvalue weighted by Gasteiger charge is -2.16. The number of para-hydroxylation sites is 1. The Balaban J connectivity index is 2.32. The predicted octanol–water partition coefficient (Wildman–Crippen LogP) is 4.45. The summed E-state index contributed by atoms with van der Waals surface area (Å²) in [6.07, 6.45) is 4.71. The van der Waals surface area contributed by atoms with Gasteiger partial charge < -0.3 is 14.9 Å². The Morgan fingerprint density at radius 2 is 1.75 bits per heavy atom. The molecule has 2 N–H and O–H groups in total. The number of carboxylic acids is 2. The first-order valence-electron chi connectivity index (χ1n) is 8.37. The second-order valence-corrected chi connectivity index (χ2v) is 6.70. The van der Waals surface area contributed by atoms with Gasteiger partial charge in [-0.3, -0.25) is 4.79 Å². The fraction of sp³-hybridized carbons (Fsp3) is 0.556. The second kappa shape index (κ2) is 11.8. The summed E-state index contributed by atoms with van der Waals surface area (Å²) in [5, 5.41) is 17.7. The van der Waals surface area contributed by atoms with Crippen molar-refractivity contribution < 1.29 is 24.5 Å². The summed E-state index contributed by atoms with van der Waals surface area (Å²) in [6, 6.07) is 7.51. The molecule has 24 heavy (non-hydrogen) atoms. The third kappa shape index (κ3) is 8.24. The van der Waals surface area contributed by atoms with Crippen LogP contribution in [0.2, 0.25) is 0 Å². The van der Waals surface area contributed by atoms with Crippen molar-refractivity contribution in [2.45, 2.75) is 62.9 Å². The Hall–Kier alpha value is -1.69.